The maximum atomic E-state index is 12.5. The highest BCUT2D eigenvalue weighted by Crippen LogP contribution is 2.29. The molecule has 0 radical (unpaired) electrons. The van der Waals surface area contributed by atoms with Gasteiger partial charge in [0, 0.05) is 16.5 Å². The average Bonchev–Trinajstić information content (AvgIpc) is 2.93. The topological polar surface area (TPSA) is 73.9 Å². The summed E-state index contributed by atoms with van der Waals surface area (Å²) in [6.07, 6.45) is 0. The molecule has 0 aliphatic carbocycles. The van der Waals surface area contributed by atoms with Crippen LogP contribution in [0.4, 0.5) is 5.00 Å². The Morgan fingerprint density at radius 2 is 1.61 bits per heavy atom. The third-order valence-corrected chi connectivity index (χ3v) is 4.07. The number of rotatable bonds is 5. The quantitative estimate of drug-likeness (QED) is 0.850. The summed E-state index contributed by atoms with van der Waals surface area (Å²) < 4.78 is 15.0. The molecule has 1 aromatic heterocycles. The highest BCUT2D eigenvalue weighted by molar-refractivity contribution is 7.16. The van der Waals surface area contributed by atoms with Crippen molar-refractivity contribution in [3.63, 3.8) is 0 Å². The first-order valence-corrected chi connectivity index (χ1v) is 7.53. The van der Waals surface area contributed by atoms with Crippen molar-refractivity contribution in [2.45, 2.75) is 6.92 Å². The van der Waals surface area contributed by atoms with Gasteiger partial charge in [0.25, 0.3) is 5.91 Å². The van der Waals surface area contributed by atoms with E-state index in [2.05, 4.69) is 5.32 Å². The lowest BCUT2D eigenvalue weighted by Gasteiger charge is -2.09. The third-order valence-electron chi connectivity index (χ3n) is 3.10. The van der Waals surface area contributed by atoms with E-state index < -0.39 is 5.97 Å². The van der Waals surface area contributed by atoms with Crippen LogP contribution in [-0.4, -0.2) is 33.2 Å². The Morgan fingerprint density at radius 1 is 1.00 bits per heavy atom. The van der Waals surface area contributed by atoms with Gasteiger partial charge in [-0.05, 0) is 25.1 Å². The second kappa shape index (κ2) is 7.15. The van der Waals surface area contributed by atoms with E-state index in [-0.39, 0.29) is 5.91 Å². The molecule has 1 amide bonds. The van der Waals surface area contributed by atoms with Gasteiger partial charge in [0.05, 0.1) is 26.9 Å². The van der Waals surface area contributed by atoms with Crippen molar-refractivity contribution in [2.75, 3.05) is 26.6 Å². The van der Waals surface area contributed by atoms with Gasteiger partial charge in [-0.1, -0.05) is 0 Å². The summed E-state index contributed by atoms with van der Waals surface area (Å²) in [4.78, 5) is 25.1. The minimum atomic E-state index is -0.493. The Morgan fingerprint density at radius 3 is 2.13 bits per heavy atom. The van der Waals surface area contributed by atoms with Gasteiger partial charge in [-0.2, -0.15) is 0 Å². The third kappa shape index (κ3) is 3.81. The molecular formula is C16H17NO5S. The van der Waals surface area contributed by atoms with Crippen molar-refractivity contribution in [1.29, 1.82) is 0 Å². The van der Waals surface area contributed by atoms with E-state index in [1.165, 1.54) is 32.7 Å². The van der Waals surface area contributed by atoms with Gasteiger partial charge in [0.1, 0.15) is 16.5 Å². The van der Waals surface area contributed by atoms with E-state index in [1.54, 1.807) is 24.3 Å². The van der Waals surface area contributed by atoms with Gasteiger partial charge in [-0.3, -0.25) is 4.79 Å². The molecule has 1 N–H and O–H groups in total. The number of amides is 1. The lowest BCUT2D eigenvalue weighted by Crippen LogP contribution is -2.14. The molecule has 6 nitrogen and oxygen atoms in total. The van der Waals surface area contributed by atoms with Crippen LogP contribution in [0.5, 0.6) is 11.5 Å². The second-order valence-corrected chi connectivity index (χ2v) is 5.90. The number of methoxy groups -OCH3 is 3. The number of hydrogen-bond donors (Lipinski definition) is 1. The van der Waals surface area contributed by atoms with Crippen molar-refractivity contribution in [1.82, 2.24) is 0 Å². The van der Waals surface area contributed by atoms with Crippen molar-refractivity contribution in [3.05, 3.63) is 40.3 Å². The zero-order valence-corrected chi connectivity index (χ0v) is 14.1. The molecule has 0 saturated heterocycles. The molecule has 0 unspecified atom stereocenters. The van der Waals surface area contributed by atoms with Gasteiger partial charge >= 0.3 is 5.97 Å². The summed E-state index contributed by atoms with van der Waals surface area (Å²) in [5.41, 5.74) is 0.696. The molecule has 1 heterocycles. The van der Waals surface area contributed by atoms with Crippen LogP contribution >= 0.6 is 11.3 Å². The van der Waals surface area contributed by atoms with Crippen LogP contribution in [0.15, 0.2) is 24.3 Å². The Kier molecular flexibility index (Phi) is 5.23. The summed E-state index contributed by atoms with van der Waals surface area (Å²) >= 11 is 1.31. The Hall–Kier alpha value is -2.54. The predicted molar refractivity (Wildman–Crippen MR) is 87.9 cm³/mol. The standard InChI is InChI=1S/C16H17NO5S/c1-9-5-13(16(19)22-4)15(23-9)17-14(18)10-6-11(20-2)8-12(7-10)21-3/h5-8H,1-4H3,(H,17,18). The van der Waals surface area contributed by atoms with Crippen LogP contribution in [0.1, 0.15) is 25.6 Å². The van der Waals surface area contributed by atoms with E-state index in [9.17, 15) is 9.59 Å². The summed E-state index contributed by atoms with van der Waals surface area (Å²) in [5, 5.41) is 3.18. The Bertz CT molecular complexity index is 716. The number of anilines is 1. The number of benzene rings is 1. The summed E-state index contributed by atoms with van der Waals surface area (Å²) in [7, 11) is 4.32. The van der Waals surface area contributed by atoms with E-state index in [4.69, 9.17) is 14.2 Å². The fourth-order valence-corrected chi connectivity index (χ4v) is 2.88. The Labute approximate surface area is 138 Å². The minimum absolute atomic E-state index is 0.332. The number of aryl methyl sites for hydroxylation is 1. The number of esters is 1. The molecule has 2 rings (SSSR count). The number of thiophene rings is 1. The highest BCUT2D eigenvalue weighted by atomic mass is 32.1. The first-order valence-electron chi connectivity index (χ1n) is 6.71. The number of nitrogens with one attached hydrogen (secondary N) is 1. The van der Waals surface area contributed by atoms with Gasteiger partial charge < -0.3 is 19.5 Å². The summed E-state index contributed by atoms with van der Waals surface area (Å²) in [6.45, 7) is 1.85. The molecule has 0 bridgehead atoms. The number of carbonyl (C=O) groups is 2. The van der Waals surface area contributed by atoms with Gasteiger partial charge in [0.2, 0.25) is 0 Å². The predicted octanol–water partition coefficient (Wildman–Crippen LogP) is 3.11. The van der Waals surface area contributed by atoms with Crippen LogP contribution in [0.3, 0.4) is 0 Å². The van der Waals surface area contributed by atoms with Crippen LogP contribution in [-0.2, 0) is 4.74 Å². The fraction of sp³-hybridized carbons (Fsp3) is 0.250. The lowest BCUT2D eigenvalue weighted by atomic mass is 10.2. The maximum Gasteiger partial charge on any atom is 0.340 e. The van der Waals surface area contributed by atoms with Gasteiger partial charge in [-0.25, -0.2) is 4.79 Å². The molecule has 0 fully saturated rings. The lowest BCUT2D eigenvalue weighted by molar-refractivity contribution is 0.0602. The van der Waals surface area contributed by atoms with Crippen LogP contribution < -0.4 is 14.8 Å². The SMILES string of the molecule is COC(=O)c1cc(C)sc1NC(=O)c1cc(OC)cc(OC)c1. The smallest absolute Gasteiger partial charge is 0.340 e. The van der Waals surface area contributed by atoms with Crippen LogP contribution in [0.25, 0.3) is 0 Å². The van der Waals surface area contributed by atoms with Crippen molar-refractivity contribution in [3.8, 4) is 11.5 Å². The zero-order chi connectivity index (χ0) is 17.0. The zero-order valence-electron chi connectivity index (χ0n) is 13.3. The van der Waals surface area contributed by atoms with Crippen molar-refractivity contribution in [2.24, 2.45) is 0 Å². The molecule has 1 aromatic carbocycles. The molecule has 0 aliphatic heterocycles. The van der Waals surface area contributed by atoms with E-state index >= 15 is 0 Å². The van der Waals surface area contributed by atoms with Crippen molar-refractivity contribution >= 4 is 28.2 Å². The maximum absolute atomic E-state index is 12.5. The number of hydrogen-bond acceptors (Lipinski definition) is 6. The largest absolute Gasteiger partial charge is 0.497 e. The molecule has 23 heavy (non-hydrogen) atoms. The average molecular weight is 335 g/mol. The molecule has 0 saturated carbocycles. The summed E-state index contributed by atoms with van der Waals surface area (Å²) in [5.74, 6) is 0.150. The second-order valence-electron chi connectivity index (χ2n) is 4.65. The molecular weight excluding hydrogens is 318 g/mol. The molecule has 0 spiro atoms. The fourth-order valence-electron chi connectivity index (χ4n) is 1.98. The molecule has 2 aromatic rings. The van der Waals surface area contributed by atoms with E-state index in [1.807, 2.05) is 6.92 Å². The van der Waals surface area contributed by atoms with Crippen LogP contribution in [0, 0.1) is 6.92 Å². The first kappa shape index (κ1) is 16.8. The minimum Gasteiger partial charge on any atom is -0.497 e. The highest BCUT2D eigenvalue weighted by Gasteiger charge is 2.18. The molecule has 122 valence electrons. The monoisotopic (exact) mass is 335 g/mol. The first-order chi connectivity index (χ1) is 11.0. The normalized spacial score (nSPS) is 10.1. The van der Waals surface area contributed by atoms with Crippen molar-refractivity contribution < 1.29 is 23.8 Å². The Balaban J connectivity index is 2.31. The van der Waals surface area contributed by atoms with E-state index in [0.29, 0.717) is 27.6 Å². The van der Waals surface area contributed by atoms with Gasteiger partial charge in [0.15, 0.2) is 0 Å². The molecule has 0 atom stereocenters. The number of carbonyl (C=O) groups excluding carboxylic acids is 2. The van der Waals surface area contributed by atoms with E-state index in [0.717, 1.165) is 4.88 Å². The van der Waals surface area contributed by atoms with Gasteiger partial charge in [-0.15, -0.1) is 11.3 Å². The molecule has 7 heteroatoms. The summed E-state index contributed by atoms with van der Waals surface area (Å²) in [6, 6.07) is 6.54. The number of ether oxygens (including phenoxy) is 3. The van der Waals surface area contributed by atoms with Crippen LogP contribution in [0.2, 0.25) is 0 Å². The molecule has 0 aliphatic rings.